The Bertz CT molecular complexity index is 251. The van der Waals surface area contributed by atoms with E-state index in [1.165, 1.54) is 13.8 Å². The summed E-state index contributed by atoms with van der Waals surface area (Å²) in [4.78, 5) is 33.4. The molecule has 0 atom stereocenters. The van der Waals surface area contributed by atoms with E-state index < -0.39 is 29.1 Å². The van der Waals surface area contributed by atoms with E-state index in [9.17, 15) is 14.4 Å². The number of carbonyl (C=O) groups excluding carboxylic acids is 3. The van der Waals surface area contributed by atoms with Gasteiger partial charge in [-0.05, 0) is 34.6 Å². The van der Waals surface area contributed by atoms with Gasteiger partial charge in [0, 0.05) is 48.9 Å². The molecule has 0 saturated heterocycles. The SMILES string of the molecule is CC(=O)C(C(C)=O)C(=O)OC(C)(C)C.[Ba]. The molecule has 15 heavy (non-hydrogen) atoms. The first-order chi connectivity index (χ1) is 6.15. The second kappa shape index (κ2) is 6.86. The Morgan fingerprint density at radius 2 is 1.33 bits per heavy atom. The maximum atomic E-state index is 11.4. The quantitative estimate of drug-likeness (QED) is 0.433. The Labute approximate surface area is 130 Å². The third-order valence-corrected chi connectivity index (χ3v) is 1.46. The molecule has 5 heteroatoms. The fourth-order valence-corrected chi connectivity index (χ4v) is 0.979. The monoisotopic (exact) mass is 338 g/mol. The van der Waals surface area contributed by atoms with Crippen molar-refractivity contribution in [3.8, 4) is 0 Å². The summed E-state index contributed by atoms with van der Waals surface area (Å²) in [5.41, 5.74) is -0.680. The van der Waals surface area contributed by atoms with Gasteiger partial charge in [-0.1, -0.05) is 0 Å². The third-order valence-electron chi connectivity index (χ3n) is 1.46. The zero-order chi connectivity index (χ0) is 11.5. The Morgan fingerprint density at radius 1 is 1.00 bits per heavy atom. The fraction of sp³-hybridized carbons (Fsp3) is 0.700. The van der Waals surface area contributed by atoms with Crippen molar-refractivity contribution in [1.82, 2.24) is 0 Å². The van der Waals surface area contributed by atoms with E-state index in [1.807, 2.05) is 0 Å². The number of hydrogen-bond acceptors (Lipinski definition) is 4. The van der Waals surface area contributed by atoms with Crippen LogP contribution in [0.4, 0.5) is 0 Å². The van der Waals surface area contributed by atoms with E-state index in [-0.39, 0.29) is 48.9 Å². The number of ketones is 2. The maximum Gasteiger partial charge on any atom is 0.324 e. The topological polar surface area (TPSA) is 60.4 Å². The van der Waals surface area contributed by atoms with Crippen molar-refractivity contribution < 1.29 is 19.1 Å². The molecule has 2 radical (unpaired) electrons. The van der Waals surface area contributed by atoms with E-state index in [1.54, 1.807) is 20.8 Å². The van der Waals surface area contributed by atoms with E-state index in [0.717, 1.165) is 0 Å². The van der Waals surface area contributed by atoms with Crippen molar-refractivity contribution in [2.45, 2.75) is 40.2 Å². The summed E-state index contributed by atoms with van der Waals surface area (Å²) < 4.78 is 4.94. The van der Waals surface area contributed by atoms with Gasteiger partial charge in [-0.3, -0.25) is 14.4 Å². The number of esters is 1. The minimum absolute atomic E-state index is 0. The molecule has 0 aromatic heterocycles. The van der Waals surface area contributed by atoms with Crippen LogP contribution in [0.2, 0.25) is 0 Å². The Balaban J connectivity index is 0. The summed E-state index contributed by atoms with van der Waals surface area (Å²) in [5.74, 6) is -3.00. The van der Waals surface area contributed by atoms with Crippen LogP contribution in [0.5, 0.6) is 0 Å². The number of rotatable bonds is 3. The predicted molar refractivity (Wildman–Crippen MR) is 56.5 cm³/mol. The number of hydrogen-bond donors (Lipinski definition) is 0. The molecule has 0 unspecified atom stereocenters. The van der Waals surface area contributed by atoms with E-state index >= 15 is 0 Å². The van der Waals surface area contributed by atoms with Crippen molar-refractivity contribution in [3.63, 3.8) is 0 Å². The molecule has 0 fully saturated rings. The van der Waals surface area contributed by atoms with Gasteiger partial charge in [-0.15, -0.1) is 0 Å². The minimum Gasteiger partial charge on any atom is -0.459 e. The molecule has 0 aliphatic rings. The summed E-state index contributed by atoms with van der Waals surface area (Å²) >= 11 is 0. The first kappa shape index (κ1) is 17.8. The number of carbonyl (C=O) groups is 3. The molecule has 82 valence electrons. The average molecular weight is 338 g/mol. The van der Waals surface area contributed by atoms with Crippen LogP contribution in [0.1, 0.15) is 34.6 Å². The number of ether oxygens (including phenoxy) is 1. The van der Waals surface area contributed by atoms with Gasteiger partial charge in [-0.25, -0.2) is 0 Å². The molecule has 0 amide bonds. The van der Waals surface area contributed by atoms with Gasteiger partial charge in [0.05, 0.1) is 0 Å². The molecule has 0 N–H and O–H groups in total. The van der Waals surface area contributed by atoms with Crippen molar-refractivity contribution in [2.75, 3.05) is 0 Å². The van der Waals surface area contributed by atoms with Crippen LogP contribution in [0.25, 0.3) is 0 Å². The summed E-state index contributed by atoms with van der Waals surface area (Å²) in [6, 6.07) is 0. The molecular formula is C10H16BaO4. The van der Waals surface area contributed by atoms with Gasteiger partial charge in [0.2, 0.25) is 0 Å². The average Bonchev–Trinajstić information content (AvgIpc) is 1.78. The van der Waals surface area contributed by atoms with Gasteiger partial charge in [0.25, 0.3) is 0 Å². The van der Waals surface area contributed by atoms with Crippen molar-refractivity contribution in [3.05, 3.63) is 0 Å². The van der Waals surface area contributed by atoms with Crippen LogP contribution < -0.4 is 0 Å². The fourth-order valence-electron chi connectivity index (χ4n) is 0.979. The maximum absolute atomic E-state index is 11.4. The Kier molecular flexibility index (Phi) is 8.12. The van der Waals surface area contributed by atoms with Crippen LogP contribution >= 0.6 is 0 Å². The smallest absolute Gasteiger partial charge is 0.324 e. The molecule has 0 aliphatic carbocycles. The first-order valence-corrected chi connectivity index (χ1v) is 4.39. The van der Waals surface area contributed by atoms with E-state index in [0.29, 0.717) is 0 Å². The van der Waals surface area contributed by atoms with Gasteiger partial charge >= 0.3 is 5.97 Å². The molecule has 0 rings (SSSR count). The molecular weight excluding hydrogens is 321 g/mol. The predicted octanol–water partition coefficient (Wildman–Crippen LogP) is 0.741. The van der Waals surface area contributed by atoms with Crippen LogP contribution in [0, 0.1) is 5.92 Å². The summed E-state index contributed by atoms with van der Waals surface area (Å²) in [5, 5.41) is 0. The standard InChI is InChI=1S/C10H16O4.Ba/c1-6(11)8(7(2)12)9(13)14-10(3,4)5;/h8H,1-5H3;. The molecule has 0 aliphatic heterocycles. The second-order valence-electron chi connectivity index (χ2n) is 4.19. The van der Waals surface area contributed by atoms with Crippen LogP contribution in [0.3, 0.4) is 0 Å². The Hall–Kier alpha value is 0.381. The van der Waals surface area contributed by atoms with Crippen LogP contribution in [-0.4, -0.2) is 72.0 Å². The zero-order valence-corrected chi connectivity index (χ0v) is 14.4. The Morgan fingerprint density at radius 3 is 1.53 bits per heavy atom. The van der Waals surface area contributed by atoms with Gasteiger partial charge in [0.15, 0.2) is 17.5 Å². The van der Waals surface area contributed by atoms with Gasteiger partial charge in [-0.2, -0.15) is 0 Å². The molecule has 0 heterocycles. The van der Waals surface area contributed by atoms with Crippen molar-refractivity contribution >= 4 is 66.4 Å². The van der Waals surface area contributed by atoms with E-state index in [4.69, 9.17) is 4.74 Å². The van der Waals surface area contributed by atoms with Crippen molar-refractivity contribution in [2.24, 2.45) is 5.92 Å². The molecule has 0 saturated carbocycles. The summed E-state index contributed by atoms with van der Waals surface area (Å²) in [6.07, 6.45) is 0. The van der Waals surface area contributed by atoms with Crippen LogP contribution in [0.15, 0.2) is 0 Å². The van der Waals surface area contributed by atoms with E-state index in [2.05, 4.69) is 0 Å². The van der Waals surface area contributed by atoms with Gasteiger partial charge < -0.3 is 4.74 Å². The summed E-state index contributed by atoms with van der Waals surface area (Å²) in [6.45, 7) is 7.46. The number of Topliss-reactive ketones (excluding diaryl/α,β-unsaturated/α-hetero) is 2. The molecule has 0 bridgehead atoms. The molecule has 0 aromatic rings. The molecule has 0 aromatic carbocycles. The summed E-state index contributed by atoms with van der Waals surface area (Å²) in [7, 11) is 0. The first-order valence-electron chi connectivity index (χ1n) is 4.39. The van der Waals surface area contributed by atoms with Crippen molar-refractivity contribution in [1.29, 1.82) is 0 Å². The zero-order valence-electron chi connectivity index (χ0n) is 9.92. The minimum atomic E-state index is -1.27. The normalized spacial score (nSPS) is 10.5. The van der Waals surface area contributed by atoms with Gasteiger partial charge in [0.1, 0.15) is 5.60 Å². The largest absolute Gasteiger partial charge is 0.459 e. The second-order valence-corrected chi connectivity index (χ2v) is 4.19. The third kappa shape index (κ3) is 7.30. The molecule has 0 spiro atoms. The van der Waals surface area contributed by atoms with Crippen LogP contribution in [-0.2, 0) is 19.1 Å². The molecule has 4 nitrogen and oxygen atoms in total.